The van der Waals surface area contributed by atoms with Gasteiger partial charge in [-0.05, 0) is 30.7 Å². The molecule has 4 nitrogen and oxygen atoms in total. The quantitative estimate of drug-likeness (QED) is 0.651. The van der Waals surface area contributed by atoms with Crippen LogP contribution in [0.4, 0.5) is 5.69 Å². The molecule has 0 saturated carbocycles. The zero-order valence-corrected chi connectivity index (χ0v) is 10.5. The van der Waals surface area contributed by atoms with Crippen molar-refractivity contribution in [3.63, 3.8) is 0 Å². The Balaban J connectivity index is 2.06. The first-order valence-electron chi connectivity index (χ1n) is 5.84. The van der Waals surface area contributed by atoms with Crippen LogP contribution in [0.3, 0.4) is 0 Å². The van der Waals surface area contributed by atoms with Crippen molar-refractivity contribution < 1.29 is 9.90 Å². The Bertz CT molecular complexity index is 621. The van der Waals surface area contributed by atoms with Crippen molar-refractivity contribution in [2.24, 2.45) is 5.10 Å². The van der Waals surface area contributed by atoms with Crippen LogP contribution >= 0.6 is 0 Å². The molecule has 0 aliphatic heterocycles. The molecule has 0 saturated heterocycles. The van der Waals surface area contributed by atoms with E-state index in [0.29, 0.717) is 5.69 Å². The van der Waals surface area contributed by atoms with Gasteiger partial charge in [0.25, 0.3) is 0 Å². The number of carboxylic acid groups (broad SMARTS) is 1. The van der Waals surface area contributed by atoms with E-state index >= 15 is 0 Å². The molecule has 96 valence electrons. The summed E-state index contributed by atoms with van der Waals surface area (Å²) in [6.07, 6.45) is 1.69. The van der Waals surface area contributed by atoms with E-state index in [9.17, 15) is 4.79 Å². The molecule has 0 aromatic heterocycles. The third-order valence-electron chi connectivity index (χ3n) is 2.56. The first kappa shape index (κ1) is 12.8. The lowest BCUT2D eigenvalue weighted by molar-refractivity contribution is 0.0697. The van der Waals surface area contributed by atoms with Crippen molar-refractivity contribution in [1.82, 2.24) is 0 Å². The average molecular weight is 254 g/mol. The molecule has 0 spiro atoms. The van der Waals surface area contributed by atoms with Gasteiger partial charge in [0, 0.05) is 0 Å². The topological polar surface area (TPSA) is 61.7 Å². The fourth-order valence-electron chi connectivity index (χ4n) is 1.65. The molecule has 0 heterocycles. The second-order valence-electron chi connectivity index (χ2n) is 4.17. The molecule has 0 bridgehead atoms. The van der Waals surface area contributed by atoms with Gasteiger partial charge in [-0.1, -0.05) is 35.9 Å². The maximum absolute atomic E-state index is 10.8. The van der Waals surface area contributed by atoms with Crippen LogP contribution in [0.1, 0.15) is 21.5 Å². The van der Waals surface area contributed by atoms with E-state index in [1.165, 1.54) is 12.1 Å². The first-order chi connectivity index (χ1) is 9.15. The molecular weight excluding hydrogens is 240 g/mol. The molecule has 0 unspecified atom stereocenters. The van der Waals surface area contributed by atoms with Gasteiger partial charge in [0.2, 0.25) is 0 Å². The van der Waals surface area contributed by atoms with E-state index < -0.39 is 5.97 Å². The summed E-state index contributed by atoms with van der Waals surface area (Å²) in [4.78, 5) is 10.8. The van der Waals surface area contributed by atoms with Gasteiger partial charge in [-0.2, -0.15) is 5.10 Å². The lowest BCUT2D eigenvalue weighted by atomic mass is 10.2. The standard InChI is InChI=1S/C15H14N2O2/c1-11-4-2-5-12(8-11)10-16-17-14-7-3-6-13(9-14)15(18)19/h2-10,17H,1H3,(H,18,19). The summed E-state index contributed by atoms with van der Waals surface area (Å²) in [7, 11) is 0. The largest absolute Gasteiger partial charge is 0.478 e. The summed E-state index contributed by atoms with van der Waals surface area (Å²) in [5.74, 6) is -0.952. The van der Waals surface area contributed by atoms with Crippen molar-refractivity contribution in [3.05, 3.63) is 65.2 Å². The number of hydrogen-bond acceptors (Lipinski definition) is 3. The highest BCUT2D eigenvalue weighted by molar-refractivity contribution is 5.88. The molecule has 2 rings (SSSR count). The average Bonchev–Trinajstić information content (AvgIpc) is 2.39. The van der Waals surface area contributed by atoms with Crippen molar-refractivity contribution >= 4 is 17.9 Å². The van der Waals surface area contributed by atoms with E-state index in [0.717, 1.165) is 11.1 Å². The number of nitrogens with zero attached hydrogens (tertiary/aromatic N) is 1. The van der Waals surface area contributed by atoms with Gasteiger partial charge < -0.3 is 5.11 Å². The number of benzene rings is 2. The van der Waals surface area contributed by atoms with Crippen LogP contribution < -0.4 is 5.43 Å². The number of nitrogens with one attached hydrogen (secondary N) is 1. The summed E-state index contributed by atoms with van der Waals surface area (Å²) in [5, 5.41) is 13.0. The van der Waals surface area contributed by atoms with Crippen molar-refractivity contribution in [1.29, 1.82) is 0 Å². The number of carbonyl (C=O) groups is 1. The SMILES string of the molecule is Cc1cccc(C=NNc2cccc(C(=O)O)c2)c1. The van der Waals surface area contributed by atoms with Crippen LogP contribution in [-0.4, -0.2) is 17.3 Å². The number of rotatable bonds is 4. The summed E-state index contributed by atoms with van der Waals surface area (Å²) < 4.78 is 0. The number of aryl methyl sites for hydroxylation is 1. The molecular formula is C15H14N2O2. The maximum Gasteiger partial charge on any atom is 0.335 e. The molecule has 2 aromatic rings. The number of carboxylic acids is 1. The van der Waals surface area contributed by atoms with Crippen LogP contribution in [0.5, 0.6) is 0 Å². The fourth-order valence-corrected chi connectivity index (χ4v) is 1.65. The third kappa shape index (κ3) is 3.67. The van der Waals surface area contributed by atoms with Gasteiger partial charge in [0.1, 0.15) is 0 Å². The van der Waals surface area contributed by atoms with Crippen molar-refractivity contribution in [2.75, 3.05) is 5.43 Å². The lowest BCUT2D eigenvalue weighted by Gasteiger charge is -2.01. The Morgan fingerprint density at radius 1 is 1.21 bits per heavy atom. The summed E-state index contributed by atoms with van der Waals surface area (Å²) in [6, 6.07) is 14.5. The maximum atomic E-state index is 10.8. The lowest BCUT2D eigenvalue weighted by Crippen LogP contribution is -1.97. The predicted molar refractivity (Wildman–Crippen MR) is 75.8 cm³/mol. The molecule has 0 atom stereocenters. The number of hydrogen-bond donors (Lipinski definition) is 2. The normalized spacial score (nSPS) is 10.6. The summed E-state index contributed by atoms with van der Waals surface area (Å²) in [5.41, 5.74) is 5.84. The van der Waals surface area contributed by atoms with Crippen LogP contribution in [0.15, 0.2) is 53.6 Å². The minimum absolute atomic E-state index is 0.232. The Hall–Kier alpha value is -2.62. The minimum Gasteiger partial charge on any atom is -0.478 e. The van der Waals surface area contributed by atoms with Gasteiger partial charge in [0.05, 0.1) is 17.5 Å². The Morgan fingerprint density at radius 3 is 2.74 bits per heavy atom. The molecule has 0 amide bonds. The minimum atomic E-state index is -0.952. The Kier molecular flexibility index (Phi) is 3.93. The summed E-state index contributed by atoms with van der Waals surface area (Å²) in [6.45, 7) is 2.01. The zero-order chi connectivity index (χ0) is 13.7. The van der Waals surface area contributed by atoms with Crippen LogP contribution in [-0.2, 0) is 0 Å². The number of anilines is 1. The third-order valence-corrected chi connectivity index (χ3v) is 2.56. The van der Waals surface area contributed by atoms with E-state index in [4.69, 9.17) is 5.11 Å². The van der Waals surface area contributed by atoms with Crippen LogP contribution in [0, 0.1) is 6.92 Å². The van der Waals surface area contributed by atoms with E-state index in [1.807, 2.05) is 31.2 Å². The van der Waals surface area contributed by atoms with E-state index in [1.54, 1.807) is 18.3 Å². The Morgan fingerprint density at radius 2 is 2.00 bits per heavy atom. The molecule has 0 fully saturated rings. The highest BCUT2D eigenvalue weighted by Gasteiger charge is 2.01. The smallest absolute Gasteiger partial charge is 0.335 e. The van der Waals surface area contributed by atoms with Crippen LogP contribution in [0.25, 0.3) is 0 Å². The molecule has 2 aromatic carbocycles. The van der Waals surface area contributed by atoms with Gasteiger partial charge in [-0.3, -0.25) is 5.43 Å². The monoisotopic (exact) mass is 254 g/mol. The van der Waals surface area contributed by atoms with Crippen molar-refractivity contribution in [3.8, 4) is 0 Å². The fraction of sp³-hybridized carbons (Fsp3) is 0.0667. The second-order valence-corrected chi connectivity index (χ2v) is 4.17. The van der Waals surface area contributed by atoms with Gasteiger partial charge in [-0.25, -0.2) is 4.79 Å². The summed E-state index contributed by atoms with van der Waals surface area (Å²) >= 11 is 0. The zero-order valence-electron chi connectivity index (χ0n) is 10.5. The van der Waals surface area contributed by atoms with Gasteiger partial charge >= 0.3 is 5.97 Å². The highest BCUT2D eigenvalue weighted by Crippen LogP contribution is 2.10. The van der Waals surface area contributed by atoms with E-state index in [-0.39, 0.29) is 5.56 Å². The van der Waals surface area contributed by atoms with Gasteiger partial charge in [0.15, 0.2) is 0 Å². The second kappa shape index (κ2) is 5.82. The molecule has 19 heavy (non-hydrogen) atoms. The number of hydrazone groups is 1. The molecule has 4 heteroatoms. The first-order valence-corrected chi connectivity index (χ1v) is 5.84. The predicted octanol–water partition coefficient (Wildman–Crippen LogP) is 3.14. The number of aromatic carboxylic acids is 1. The van der Waals surface area contributed by atoms with Crippen LogP contribution in [0.2, 0.25) is 0 Å². The molecule has 2 N–H and O–H groups in total. The van der Waals surface area contributed by atoms with Gasteiger partial charge in [-0.15, -0.1) is 0 Å². The van der Waals surface area contributed by atoms with Crippen molar-refractivity contribution in [2.45, 2.75) is 6.92 Å². The highest BCUT2D eigenvalue weighted by atomic mass is 16.4. The molecule has 0 aliphatic rings. The molecule has 0 radical (unpaired) electrons. The van der Waals surface area contributed by atoms with E-state index in [2.05, 4.69) is 10.5 Å². The Labute approximate surface area is 111 Å². The molecule has 0 aliphatic carbocycles.